The molecule has 0 bridgehead atoms. The molecule has 9 heterocycles. The maximum atomic E-state index is 13.6. The van der Waals surface area contributed by atoms with Crippen LogP contribution < -0.4 is 32.7 Å². The Morgan fingerprint density at radius 2 is 0.803 bits per heavy atom. The highest BCUT2D eigenvalue weighted by molar-refractivity contribution is 6.32. The maximum Gasteiger partial charge on any atom is 0.356 e. The summed E-state index contributed by atoms with van der Waals surface area (Å²) in [5, 5.41) is 49.7. The van der Waals surface area contributed by atoms with Gasteiger partial charge < -0.3 is 47.3 Å². The third-order valence-corrected chi connectivity index (χ3v) is 19.5. The Hall–Kier alpha value is -11.1. The predicted octanol–water partition coefficient (Wildman–Crippen LogP) is 15.5. The maximum absolute atomic E-state index is 13.6. The van der Waals surface area contributed by atoms with Gasteiger partial charge >= 0.3 is 17.9 Å². The number of anilines is 4. The first-order valence-electron chi connectivity index (χ1n) is 38.6. The van der Waals surface area contributed by atoms with Gasteiger partial charge in [-0.1, -0.05) is 11.6 Å². The molecule has 1 amide bonds. The number of alkyl halides is 10. The quantitative estimate of drug-likeness (QED) is 0.0204. The number of carbonyl (C=O) groups is 4. The minimum Gasteiger partial charge on any atom is -0.477 e. The van der Waals surface area contributed by atoms with Gasteiger partial charge in [0.25, 0.3) is 23.8 Å². The summed E-state index contributed by atoms with van der Waals surface area (Å²) in [5.41, 5.74) is 17.5. The molecule has 10 N–H and O–H groups in total. The largest absolute Gasteiger partial charge is 0.477 e. The monoisotopic (exact) mass is 1780 g/mol. The average Bonchev–Trinajstić information content (AvgIpc) is 1.59. The molecule has 9 aromatic rings. The number of amides is 1. The molecule has 122 heavy (non-hydrogen) atoms. The summed E-state index contributed by atoms with van der Waals surface area (Å²) in [5.74, 6) is -14.8. The third kappa shape index (κ3) is 30.5. The normalized spacial score (nSPS) is 19.4. The van der Waals surface area contributed by atoms with Crippen molar-refractivity contribution < 1.29 is 77.7 Å². The van der Waals surface area contributed by atoms with Crippen LogP contribution in [0, 0.1) is 66.7 Å². The number of rotatable bonds is 15. The van der Waals surface area contributed by atoms with Crippen molar-refractivity contribution in [2.45, 2.75) is 244 Å². The number of aryl methyl sites for hydroxylation is 8. The van der Waals surface area contributed by atoms with Crippen LogP contribution in [0.2, 0.25) is 15.7 Å². The minimum absolute atomic E-state index is 0.00243. The number of primary amides is 1. The van der Waals surface area contributed by atoms with Crippen molar-refractivity contribution in [1.82, 2.24) is 89.4 Å². The number of aromatic amines is 1. The topological polar surface area (TPSA) is 442 Å². The number of nitriles is 1. The average molecular weight is 1780 g/mol. The molecule has 0 aromatic carbocycles. The standard InChI is InChI=1S/C16H20F2N6O.C16H18F2N6.C16H19F2N5O2.C12H14ClF2N3O2.C6H4Cl2N2O2.C6H11F2N.C5H8N2/c1-9-6-10(2)24(23-9)15-21-12(14(19)25)7-13(22-15)20-11-4-3-5-16(17,18)8-11;1-10-6-11(2)24(23-10)15-21-13(9-19)7-14(22-15)20-12-4-3-5-16(17,18)8-12;1-9-6-10(2)23(22-9)15-20-12(14(24)25)7-13(21-15)19-11-4-3-5-16(17,18)8-11;1-20-10(19)8-5-9(18-11(13)17-8)16-7-3-2-4-12(14,15)6-7;1-12-5(11)3-2-4(7)10-6(8)9-3;7-6(8)3-1-2-5(9)4-6;1-4-3-5(2)7-6-4/h6-7,11H,3-5,8H2,1-2H3,(H2,19,25)(H,20,21,22);6-7,12H,3-5,8H2,1-2H3,(H,20,21,22);6-7,11H,3-5,8H2,1-2H3,(H,24,25)(H,19,20,21);5,7H,2-4,6H2,1H3,(H,16,17,18);2H,1H3;5H,1-4,9H2;3H,1-2H3,(H,6,7). The van der Waals surface area contributed by atoms with Gasteiger partial charge in [0.05, 0.1) is 37.0 Å². The van der Waals surface area contributed by atoms with E-state index in [-0.39, 0.29) is 156 Å². The lowest BCUT2D eigenvalue weighted by Crippen LogP contribution is -2.34. The second-order valence-electron chi connectivity index (χ2n) is 29.9. The number of esters is 2. The van der Waals surface area contributed by atoms with Crippen LogP contribution in [0.15, 0.2) is 54.6 Å². The van der Waals surface area contributed by atoms with Crippen LogP contribution in [0.25, 0.3) is 17.8 Å². The summed E-state index contributed by atoms with van der Waals surface area (Å²) in [6.45, 7) is 14.9. The molecular weight excluding hydrogens is 1680 g/mol. The van der Waals surface area contributed by atoms with Gasteiger partial charge in [0.15, 0.2) is 17.1 Å². The van der Waals surface area contributed by atoms with E-state index in [0.29, 0.717) is 63.6 Å². The van der Waals surface area contributed by atoms with Crippen molar-refractivity contribution >= 4 is 81.9 Å². The van der Waals surface area contributed by atoms with E-state index in [0.717, 1.165) is 52.0 Å². The van der Waals surface area contributed by atoms with E-state index in [1.807, 2.05) is 71.9 Å². The van der Waals surface area contributed by atoms with Crippen molar-refractivity contribution in [3.05, 3.63) is 144 Å². The number of methoxy groups -OCH3 is 2. The number of carboxylic acid groups (broad SMARTS) is 1. The molecule has 5 aliphatic rings. The number of ether oxygens (including phenoxy) is 2. The van der Waals surface area contributed by atoms with Gasteiger partial charge in [-0.25, -0.2) is 107 Å². The summed E-state index contributed by atoms with van der Waals surface area (Å²) in [4.78, 5) is 85.2. The summed E-state index contributed by atoms with van der Waals surface area (Å²) in [6, 6.07) is 14.3. The van der Waals surface area contributed by atoms with E-state index in [9.17, 15) is 73.5 Å². The number of nitrogens with one attached hydrogen (secondary N) is 5. The highest BCUT2D eigenvalue weighted by Crippen LogP contribution is 2.39. The summed E-state index contributed by atoms with van der Waals surface area (Å²) >= 11 is 16.7. The lowest BCUT2D eigenvalue weighted by molar-refractivity contribution is -0.0400. The Morgan fingerprint density at radius 1 is 0.459 bits per heavy atom. The van der Waals surface area contributed by atoms with Crippen molar-refractivity contribution in [3.63, 3.8) is 0 Å². The molecule has 32 nitrogen and oxygen atoms in total. The van der Waals surface area contributed by atoms with Crippen LogP contribution >= 0.6 is 34.8 Å². The highest BCUT2D eigenvalue weighted by Gasteiger charge is 2.41. The molecule has 0 aliphatic heterocycles. The second-order valence-corrected chi connectivity index (χ2v) is 31.0. The van der Waals surface area contributed by atoms with E-state index < -0.39 is 71.6 Å². The van der Waals surface area contributed by atoms with Crippen LogP contribution in [0.4, 0.5) is 67.2 Å². The van der Waals surface area contributed by atoms with Crippen LogP contribution in [-0.4, -0.2) is 192 Å². The lowest BCUT2D eigenvalue weighted by Gasteiger charge is -2.29. The highest BCUT2D eigenvalue weighted by atomic mass is 35.5. The molecular formula is C77H94Cl3F10N25O7. The van der Waals surface area contributed by atoms with Gasteiger partial charge in [0.1, 0.15) is 45.9 Å². The third-order valence-electron chi connectivity index (χ3n) is 19.0. The minimum atomic E-state index is -2.71. The van der Waals surface area contributed by atoms with Gasteiger partial charge in [0.2, 0.25) is 40.2 Å². The van der Waals surface area contributed by atoms with Crippen molar-refractivity contribution in [1.29, 1.82) is 5.26 Å². The number of hydrogen-bond donors (Lipinski definition) is 8. The van der Waals surface area contributed by atoms with Crippen molar-refractivity contribution in [2.75, 3.05) is 35.5 Å². The van der Waals surface area contributed by atoms with E-state index in [4.69, 9.17) is 46.3 Å². The summed E-state index contributed by atoms with van der Waals surface area (Å²) < 4.78 is 146. The smallest absolute Gasteiger partial charge is 0.356 e. The van der Waals surface area contributed by atoms with Crippen LogP contribution in [-0.2, 0) is 9.47 Å². The molecule has 5 unspecified atom stereocenters. The molecule has 14 rings (SSSR count). The first kappa shape index (κ1) is 96.4. The second kappa shape index (κ2) is 42.6. The van der Waals surface area contributed by atoms with Crippen molar-refractivity contribution in [3.8, 4) is 23.9 Å². The van der Waals surface area contributed by atoms with Gasteiger partial charge in [-0.05, 0) is 167 Å². The zero-order valence-corrected chi connectivity index (χ0v) is 70.5. The van der Waals surface area contributed by atoms with Gasteiger partial charge in [-0.15, -0.1) is 0 Å². The molecule has 660 valence electrons. The van der Waals surface area contributed by atoms with Crippen molar-refractivity contribution in [2.24, 2.45) is 11.5 Å². The van der Waals surface area contributed by atoms with Gasteiger partial charge in [-0.2, -0.15) is 40.6 Å². The number of H-pyrrole nitrogens is 1. The van der Waals surface area contributed by atoms with E-state index in [2.05, 4.69) is 106 Å². The number of nitrogens with zero attached hydrogens (tertiary/aromatic N) is 18. The number of halogens is 13. The Balaban J connectivity index is 0.000000183. The Bertz CT molecular complexity index is 4960. The molecule has 0 saturated heterocycles. The predicted molar refractivity (Wildman–Crippen MR) is 431 cm³/mol. The van der Waals surface area contributed by atoms with E-state index >= 15 is 0 Å². The van der Waals surface area contributed by atoms with Gasteiger partial charge in [-0.3, -0.25) is 9.89 Å². The molecule has 0 radical (unpaired) electrons. The number of carboxylic acids is 1. The van der Waals surface area contributed by atoms with E-state index in [1.54, 1.807) is 13.8 Å². The fourth-order valence-electron chi connectivity index (χ4n) is 13.7. The fourth-order valence-corrected chi connectivity index (χ4v) is 14.3. The first-order chi connectivity index (χ1) is 57.2. The zero-order chi connectivity index (χ0) is 89.8. The number of aromatic nitrogens is 18. The van der Waals surface area contributed by atoms with E-state index in [1.165, 1.54) is 58.6 Å². The molecule has 9 aromatic heterocycles. The molecule has 0 spiro atoms. The summed E-state index contributed by atoms with van der Waals surface area (Å²) in [6.07, 6.45) is 4.01. The molecule has 5 aliphatic carbocycles. The summed E-state index contributed by atoms with van der Waals surface area (Å²) in [7, 11) is 2.46. The Labute approximate surface area is 709 Å². The van der Waals surface area contributed by atoms with Crippen LogP contribution in [0.3, 0.4) is 0 Å². The molecule has 5 atom stereocenters. The Morgan fingerprint density at radius 3 is 1.11 bits per heavy atom. The lowest BCUT2D eigenvalue weighted by atomic mass is 9.92. The van der Waals surface area contributed by atoms with Crippen LogP contribution in [0.1, 0.15) is 222 Å². The zero-order valence-electron chi connectivity index (χ0n) is 68.2. The fraction of sp³-hybridized carbons (Fsp3) is 0.519. The molecule has 5 saturated carbocycles. The molecule has 5 fully saturated rings. The van der Waals surface area contributed by atoms with Crippen LogP contribution in [0.5, 0.6) is 0 Å². The Kier molecular flexibility index (Phi) is 33.7. The number of aromatic carboxylic acids is 1. The number of hydrogen-bond acceptors (Lipinski definition) is 26. The number of nitrogens with two attached hydrogens (primary N) is 2. The number of carbonyl (C=O) groups excluding carboxylic acids is 3. The first-order valence-corrected chi connectivity index (χ1v) is 39.7. The van der Waals surface area contributed by atoms with Gasteiger partial charge in [0, 0.05) is 148 Å². The molecule has 45 heteroatoms. The SMILES string of the molecule is COC(=O)c1cc(Cl)nc(Cl)n1.COC(=O)c1cc(NC2CCCC(F)(F)C2)nc(Cl)n1.Cc1cc(C)[nH]n1.Cc1cc(C)n(-c2nc(C#N)cc(NC3CCCC(F)(F)C3)n2)n1.Cc1cc(C)n(-c2nc(NC3CCCC(F)(F)C3)cc(C(=O)O)n2)n1.Cc1cc(C)n(-c2nc(NC3CCCC(F)(F)C3)cc(C(N)=O)n2)n1.NC1CCCC(F)(F)C1.